The summed E-state index contributed by atoms with van der Waals surface area (Å²) in [6.45, 7) is 8.85. The van der Waals surface area contributed by atoms with Crippen LogP contribution in [-0.2, 0) is 9.78 Å². The second kappa shape index (κ2) is 6.40. The summed E-state index contributed by atoms with van der Waals surface area (Å²) >= 11 is 0. The highest BCUT2D eigenvalue weighted by Crippen LogP contribution is 2.15. The Kier molecular flexibility index (Phi) is 5.16. The summed E-state index contributed by atoms with van der Waals surface area (Å²) in [5, 5.41) is 0. The van der Waals surface area contributed by atoms with Gasteiger partial charge in [-0.1, -0.05) is 20.8 Å². The topological polar surface area (TPSA) is 44.8 Å². The van der Waals surface area contributed by atoms with Gasteiger partial charge in [0.05, 0.1) is 18.8 Å². The molecule has 4 heteroatoms. The van der Waals surface area contributed by atoms with E-state index in [1.54, 1.807) is 24.3 Å². The zero-order valence-corrected chi connectivity index (χ0v) is 11.4. The van der Waals surface area contributed by atoms with Crippen molar-refractivity contribution in [1.29, 1.82) is 0 Å². The Morgan fingerprint density at radius 1 is 1.17 bits per heavy atom. The van der Waals surface area contributed by atoms with E-state index < -0.39 is 5.97 Å². The van der Waals surface area contributed by atoms with Crippen LogP contribution in [0.1, 0.15) is 38.1 Å². The van der Waals surface area contributed by atoms with Crippen molar-refractivity contribution < 1.29 is 19.3 Å². The minimum Gasteiger partial charge on any atom is -0.494 e. The van der Waals surface area contributed by atoms with Gasteiger partial charge in [-0.2, -0.15) is 4.89 Å². The van der Waals surface area contributed by atoms with Gasteiger partial charge in [-0.3, -0.25) is 4.89 Å². The van der Waals surface area contributed by atoms with Gasteiger partial charge in [0.1, 0.15) is 5.75 Å². The quantitative estimate of drug-likeness (QED) is 0.596. The highest BCUT2D eigenvalue weighted by atomic mass is 17.2. The number of carbonyl (C=O) groups is 1. The van der Waals surface area contributed by atoms with Crippen LogP contribution >= 0.6 is 0 Å². The third kappa shape index (κ3) is 5.19. The summed E-state index contributed by atoms with van der Waals surface area (Å²) in [7, 11) is 0. The van der Waals surface area contributed by atoms with Crippen molar-refractivity contribution in [3.63, 3.8) is 0 Å². The Bertz CT molecular complexity index is 376. The summed E-state index contributed by atoms with van der Waals surface area (Å²) in [6, 6.07) is 6.75. The third-order valence-electron chi connectivity index (χ3n) is 2.03. The van der Waals surface area contributed by atoms with Gasteiger partial charge in [0, 0.05) is 0 Å². The van der Waals surface area contributed by atoms with Crippen molar-refractivity contribution in [2.24, 2.45) is 5.41 Å². The molecule has 0 N–H and O–H groups in total. The van der Waals surface area contributed by atoms with E-state index in [1.165, 1.54) is 0 Å². The Morgan fingerprint density at radius 3 is 2.28 bits per heavy atom. The molecule has 0 aliphatic rings. The number of ether oxygens (including phenoxy) is 1. The van der Waals surface area contributed by atoms with Crippen molar-refractivity contribution >= 4 is 5.97 Å². The fraction of sp³-hybridized carbons (Fsp3) is 0.500. The fourth-order valence-corrected chi connectivity index (χ4v) is 1.16. The molecule has 0 heterocycles. The van der Waals surface area contributed by atoms with Gasteiger partial charge < -0.3 is 4.74 Å². The van der Waals surface area contributed by atoms with Crippen molar-refractivity contribution in [1.82, 2.24) is 0 Å². The molecule has 1 rings (SSSR count). The van der Waals surface area contributed by atoms with E-state index in [0.29, 0.717) is 18.8 Å². The molecule has 0 atom stereocenters. The van der Waals surface area contributed by atoms with Crippen LogP contribution < -0.4 is 4.74 Å². The zero-order chi connectivity index (χ0) is 13.6. The highest BCUT2D eigenvalue weighted by Gasteiger charge is 2.14. The lowest BCUT2D eigenvalue weighted by Crippen LogP contribution is -2.17. The van der Waals surface area contributed by atoms with E-state index >= 15 is 0 Å². The molecule has 18 heavy (non-hydrogen) atoms. The van der Waals surface area contributed by atoms with Gasteiger partial charge in [-0.05, 0) is 36.6 Å². The average Bonchev–Trinajstić information content (AvgIpc) is 2.28. The Hall–Kier alpha value is -1.55. The number of rotatable bonds is 5. The molecule has 0 saturated carbocycles. The van der Waals surface area contributed by atoms with Gasteiger partial charge in [0.25, 0.3) is 0 Å². The van der Waals surface area contributed by atoms with Gasteiger partial charge >= 0.3 is 5.97 Å². The van der Waals surface area contributed by atoms with E-state index in [2.05, 4.69) is 0 Å². The summed E-state index contributed by atoms with van der Waals surface area (Å²) in [5.41, 5.74) is 0.395. The van der Waals surface area contributed by atoms with Crippen molar-refractivity contribution in [2.75, 3.05) is 13.2 Å². The van der Waals surface area contributed by atoms with Crippen LogP contribution in [0.4, 0.5) is 0 Å². The van der Waals surface area contributed by atoms with E-state index in [0.717, 1.165) is 5.75 Å². The Morgan fingerprint density at radius 2 is 1.78 bits per heavy atom. The number of carbonyl (C=O) groups excluding carboxylic acids is 1. The van der Waals surface area contributed by atoms with Crippen molar-refractivity contribution in [2.45, 2.75) is 27.7 Å². The minimum absolute atomic E-state index is 0.0426. The van der Waals surface area contributed by atoms with Crippen LogP contribution in [-0.4, -0.2) is 19.2 Å². The van der Waals surface area contributed by atoms with E-state index in [4.69, 9.17) is 14.5 Å². The molecule has 0 saturated heterocycles. The van der Waals surface area contributed by atoms with Crippen LogP contribution in [0.15, 0.2) is 24.3 Å². The Labute approximate surface area is 108 Å². The average molecular weight is 252 g/mol. The van der Waals surface area contributed by atoms with E-state index in [9.17, 15) is 4.79 Å². The normalized spacial score (nSPS) is 11.1. The molecule has 1 aromatic rings. The van der Waals surface area contributed by atoms with Gasteiger partial charge in [0.15, 0.2) is 0 Å². The maximum atomic E-state index is 11.6. The molecule has 0 amide bonds. The van der Waals surface area contributed by atoms with Crippen LogP contribution in [0.3, 0.4) is 0 Å². The number of hydrogen-bond donors (Lipinski definition) is 0. The minimum atomic E-state index is -0.498. The number of hydrogen-bond acceptors (Lipinski definition) is 4. The van der Waals surface area contributed by atoms with Crippen LogP contribution in [0.5, 0.6) is 5.75 Å². The predicted octanol–water partition coefficient (Wildman–Crippen LogP) is 3.22. The molecule has 100 valence electrons. The van der Waals surface area contributed by atoms with Crippen LogP contribution in [0.2, 0.25) is 0 Å². The molecule has 0 spiro atoms. The summed E-state index contributed by atoms with van der Waals surface area (Å²) < 4.78 is 5.28. The number of benzene rings is 1. The van der Waals surface area contributed by atoms with Gasteiger partial charge in [-0.15, -0.1) is 0 Å². The lowest BCUT2D eigenvalue weighted by molar-refractivity contribution is -0.255. The molecule has 0 aliphatic heterocycles. The third-order valence-corrected chi connectivity index (χ3v) is 2.03. The molecule has 0 radical (unpaired) electrons. The maximum absolute atomic E-state index is 11.6. The fourth-order valence-electron chi connectivity index (χ4n) is 1.16. The second-order valence-corrected chi connectivity index (χ2v) is 5.15. The summed E-state index contributed by atoms with van der Waals surface area (Å²) in [4.78, 5) is 21.2. The molecular weight excluding hydrogens is 232 g/mol. The molecule has 0 unspecified atom stereocenters. The highest BCUT2D eigenvalue weighted by molar-refractivity contribution is 5.89. The summed E-state index contributed by atoms with van der Waals surface area (Å²) in [6.07, 6.45) is 0. The first-order chi connectivity index (χ1) is 8.42. The standard InChI is InChI=1S/C14H20O4/c1-5-16-12-8-6-11(7-9-12)13(15)18-17-10-14(2,3)4/h6-9H,5,10H2,1-4H3. The lowest BCUT2D eigenvalue weighted by atomic mass is 9.99. The second-order valence-electron chi connectivity index (χ2n) is 5.15. The molecular formula is C14H20O4. The van der Waals surface area contributed by atoms with Crippen molar-refractivity contribution in [3.8, 4) is 5.75 Å². The molecule has 0 fully saturated rings. The van der Waals surface area contributed by atoms with Gasteiger partial charge in [0.2, 0.25) is 0 Å². The smallest absolute Gasteiger partial charge is 0.373 e. The van der Waals surface area contributed by atoms with E-state index in [-0.39, 0.29) is 5.41 Å². The first-order valence-electron chi connectivity index (χ1n) is 5.99. The molecule has 1 aromatic carbocycles. The maximum Gasteiger partial charge on any atom is 0.373 e. The summed E-state index contributed by atoms with van der Waals surface area (Å²) in [5.74, 6) is 0.229. The first kappa shape index (κ1) is 14.5. The Balaban J connectivity index is 2.46. The monoisotopic (exact) mass is 252 g/mol. The first-order valence-corrected chi connectivity index (χ1v) is 5.99. The van der Waals surface area contributed by atoms with Gasteiger partial charge in [-0.25, -0.2) is 4.79 Å². The lowest BCUT2D eigenvalue weighted by Gasteiger charge is -2.16. The molecule has 0 bridgehead atoms. The molecule has 4 nitrogen and oxygen atoms in total. The zero-order valence-electron chi connectivity index (χ0n) is 11.4. The van der Waals surface area contributed by atoms with Crippen molar-refractivity contribution in [3.05, 3.63) is 29.8 Å². The predicted molar refractivity (Wildman–Crippen MR) is 68.4 cm³/mol. The SMILES string of the molecule is CCOc1ccc(C(=O)OOCC(C)(C)C)cc1. The van der Waals surface area contributed by atoms with E-state index in [1.807, 2.05) is 27.7 Å². The molecule has 0 aliphatic carbocycles. The van der Waals surface area contributed by atoms with Crippen LogP contribution in [0.25, 0.3) is 0 Å². The van der Waals surface area contributed by atoms with Crippen LogP contribution in [0, 0.1) is 5.41 Å². The molecule has 0 aromatic heterocycles. The largest absolute Gasteiger partial charge is 0.494 e.